The number of rotatable bonds is 8. The maximum absolute atomic E-state index is 12.6. The number of likely N-dealkylation sites (tertiary alicyclic amines) is 1. The molecule has 0 aromatic heterocycles. The minimum Gasteiger partial charge on any atom is -0.481 e. The van der Waals surface area contributed by atoms with Crippen molar-refractivity contribution in [1.29, 1.82) is 0 Å². The number of benzene rings is 2. The second-order valence-corrected chi connectivity index (χ2v) is 9.31. The molecule has 0 aliphatic carbocycles. The van der Waals surface area contributed by atoms with E-state index in [1.807, 2.05) is 19.1 Å². The van der Waals surface area contributed by atoms with E-state index in [1.165, 1.54) is 37.1 Å². The van der Waals surface area contributed by atoms with Crippen molar-refractivity contribution in [2.75, 3.05) is 13.1 Å². The van der Waals surface area contributed by atoms with Gasteiger partial charge in [0.1, 0.15) is 5.75 Å². The van der Waals surface area contributed by atoms with E-state index in [2.05, 4.69) is 67.4 Å². The van der Waals surface area contributed by atoms with Crippen LogP contribution < -0.4 is 10.1 Å². The number of carbonyl (C=O) groups excluding carboxylic acids is 1. The fourth-order valence-corrected chi connectivity index (χ4v) is 3.78. The molecular weight excluding hydrogens is 372 g/mol. The summed E-state index contributed by atoms with van der Waals surface area (Å²) >= 11 is 0. The van der Waals surface area contributed by atoms with Crippen LogP contribution in [0.2, 0.25) is 0 Å². The first-order valence-corrected chi connectivity index (χ1v) is 11.2. The molecule has 1 fully saturated rings. The van der Waals surface area contributed by atoms with Crippen LogP contribution in [0.25, 0.3) is 0 Å². The van der Waals surface area contributed by atoms with Crippen molar-refractivity contribution in [3.63, 3.8) is 0 Å². The van der Waals surface area contributed by atoms with Crippen LogP contribution in [0.4, 0.5) is 0 Å². The average molecular weight is 409 g/mol. The smallest absolute Gasteiger partial charge is 0.261 e. The van der Waals surface area contributed by atoms with Crippen molar-refractivity contribution in [3.05, 3.63) is 65.2 Å². The Kier molecular flexibility index (Phi) is 7.54. The molecule has 0 spiro atoms. The molecule has 1 atom stereocenters. The third kappa shape index (κ3) is 6.33. The van der Waals surface area contributed by atoms with Crippen LogP contribution in [0.3, 0.4) is 0 Å². The molecule has 162 valence electrons. The molecule has 0 saturated carbocycles. The molecule has 4 nitrogen and oxygen atoms in total. The zero-order chi connectivity index (χ0) is 21.6. The van der Waals surface area contributed by atoms with E-state index in [1.54, 1.807) is 0 Å². The Bertz CT molecular complexity index is 800. The molecule has 1 aliphatic heterocycles. The first-order valence-electron chi connectivity index (χ1n) is 11.2. The van der Waals surface area contributed by atoms with Crippen molar-refractivity contribution in [2.24, 2.45) is 0 Å². The SMILES string of the molecule is CCC(Oc1ccc(C(C)(C)C)cc1)C(=O)NCc1ccc(CN2CCCC2)cc1. The molecular formula is C26H36N2O2. The molecule has 1 amide bonds. The summed E-state index contributed by atoms with van der Waals surface area (Å²) in [6, 6.07) is 16.6. The highest BCUT2D eigenvalue weighted by atomic mass is 16.5. The van der Waals surface area contributed by atoms with Crippen molar-refractivity contribution in [3.8, 4) is 5.75 Å². The summed E-state index contributed by atoms with van der Waals surface area (Å²) in [5.74, 6) is 0.662. The topological polar surface area (TPSA) is 41.6 Å². The third-order valence-corrected chi connectivity index (χ3v) is 5.76. The van der Waals surface area contributed by atoms with Crippen molar-refractivity contribution in [1.82, 2.24) is 10.2 Å². The second kappa shape index (κ2) is 10.1. The molecule has 0 bridgehead atoms. The second-order valence-electron chi connectivity index (χ2n) is 9.31. The molecule has 30 heavy (non-hydrogen) atoms. The van der Waals surface area contributed by atoms with Crippen LogP contribution >= 0.6 is 0 Å². The number of hydrogen-bond acceptors (Lipinski definition) is 3. The lowest BCUT2D eigenvalue weighted by atomic mass is 9.87. The van der Waals surface area contributed by atoms with Gasteiger partial charge in [0.2, 0.25) is 0 Å². The number of nitrogens with one attached hydrogen (secondary N) is 1. The molecule has 2 aromatic carbocycles. The Labute approximate surface area is 181 Å². The Morgan fingerprint density at radius 1 is 1.00 bits per heavy atom. The van der Waals surface area contributed by atoms with E-state index >= 15 is 0 Å². The van der Waals surface area contributed by atoms with Crippen LogP contribution in [-0.4, -0.2) is 30.0 Å². The van der Waals surface area contributed by atoms with Crippen molar-refractivity contribution < 1.29 is 9.53 Å². The number of ether oxygens (including phenoxy) is 1. The lowest BCUT2D eigenvalue weighted by molar-refractivity contribution is -0.128. The van der Waals surface area contributed by atoms with Gasteiger partial charge < -0.3 is 10.1 Å². The summed E-state index contributed by atoms with van der Waals surface area (Å²) in [6.07, 6.45) is 2.76. The number of amides is 1. The highest BCUT2D eigenvalue weighted by Gasteiger charge is 2.19. The average Bonchev–Trinajstić information content (AvgIpc) is 3.24. The number of nitrogens with zero attached hydrogens (tertiary/aromatic N) is 1. The molecule has 2 aromatic rings. The Morgan fingerprint density at radius 2 is 1.60 bits per heavy atom. The number of carbonyl (C=O) groups is 1. The van der Waals surface area contributed by atoms with Crippen molar-refractivity contribution in [2.45, 2.75) is 71.6 Å². The Hall–Kier alpha value is -2.33. The molecule has 1 saturated heterocycles. The Morgan fingerprint density at radius 3 is 2.17 bits per heavy atom. The quantitative estimate of drug-likeness (QED) is 0.664. The molecule has 0 radical (unpaired) electrons. The van der Waals surface area contributed by atoms with E-state index in [4.69, 9.17) is 4.74 Å². The zero-order valence-corrected chi connectivity index (χ0v) is 18.9. The van der Waals surface area contributed by atoms with E-state index in [0.717, 1.165) is 17.9 Å². The van der Waals surface area contributed by atoms with Gasteiger partial charge in [-0.15, -0.1) is 0 Å². The van der Waals surface area contributed by atoms with Gasteiger partial charge in [-0.1, -0.05) is 64.1 Å². The maximum atomic E-state index is 12.6. The summed E-state index contributed by atoms with van der Waals surface area (Å²) in [5, 5.41) is 3.02. The first-order chi connectivity index (χ1) is 14.3. The first kappa shape index (κ1) is 22.4. The van der Waals surface area contributed by atoms with E-state index in [9.17, 15) is 4.79 Å². The lowest BCUT2D eigenvalue weighted by Gasteiger charge is -2.21. The van der Waals surface area contributed by atoms with Crippen LogP contribution in [0.15, 0.2) is 48.5 Å². The van der Waals surface area contributed by atoms with Gasteiger partial charge >= 0.3 is 0 Å². The molecule has 1 aliphatic rings. The van der Waals surface area contributed by atoms with Crippen LogP contribution in [-0.2, 0) is 23.3 Å². The molecule has 1 N–H and O–H groups in total. The van der Waals surface area contributed by atoms with Gasteiger partial charge in [0.25, 0.3) is 5.91 Å². The molecule has 4 heteroatoms. The molecule has 1 heterocycles. The van der Waals surface area contributed by atoms with Crippen molar-refractivity contribution >= 4 is 5.91 Å². The maximum Gasteiger partial charge on any atom is 0.261 e. The minimum absolute atomic E-state index is 0.0708. The van der Waals surface area contributed by atoms with Gasteiger partial charge in [-0.05, 0) is 66.6 Å². The fourth-order valence-electron chi connectivity index (χ4n) is 3.78. The van der Waals surface area contributed by atoms with Gasteiger partial charge in [0.05, 0.1) is 0 Å². The highest BCUT2D eigenvalue weighted by molar-refractivity contribution is 5.81. The van der Waals surface area contributed by atoms with E-state index in [0.29, 0.717) is 13.0 Å². The summed E-state index contributed by atoms with van der Waals surface area (Å²) < 4.78 is 5.96. The summed E-state index contributed by atoms with van der Waals surface area (Å²) in [4.78, 5) is 15.1. The van der Waals surface area contributed by atoms with Crippen LogP contribution in [0.1, 0.15) is 63.6 Å². The van der Waals surface area contributed by atoms with Gasteiger partial charge in [-0.3, -0.25) is 9.69 Å². The van der Waals surface area contributed by atoms with Gasteiger partial charge in [0, 0.05) is 13.1 Å². The standard InChI is InChI=1S/C26H36N2O2/c1-5-24(30-23-14-12-22(13-15-23)26(2,3)4)25(29)27-18-20-8-10-21(11-9-20)19-28-16-6-7-17-28/h8-15,24H,5-7,16-19H2,1-4H3,(H,27,29). The predicted molar refractivity (Wildman–Crippen MR) is 123 cm³/mol. The van der Waals surface area contributed by atoms with Crippen LogP contribution in [0.5, 0.6) is 5.75 Å². The van der Waals surface area contributed by atoms with Gasteiger partial charge in [-0.2, -0.15) is 0 Å². The van der Waals surface area contributed by atoms with E-state index in [-0.39, 0.29) is 11.3 Å². The Balaban J connectivity index is 1.49. The molecule has 1 unspecified atom stereocenters. The fraction of sp³-hybridized carbons (Fsp3) is 0.500. The third-order valence-electron chi connectivity index (χ3n) is 5.76. The highest BCUT2D eigenvalue weighted by Crippen LogP contribution is 2.25. The predicted octanol–water partition coefficient (Wildman–Crippen LogP) is 5.05. The normalized spacial score (nSPS) is 15.7. The van der Waals surface area contributed by atoms with Gasteiger partial charge in [-0.25, -0.2) is 0 Å². The summed E-state index contributed by atoms with van der Waals surface area (Å²) in [6.45, 7) is 12.5. The number of hydrogen-bond donors (Lipinski definition) is 1. The lowest BCUT2D eigenvalue weighted by Crippen LogP contribution is -2.37. The monoisotopic (exact) mass is 408 g/mol. The zero-order valence-electron chi connectivity index (χ0n) is 18.9. The van der Waals surface area contributed by atoms with Crippen LogP contribution in [0, 0.1) is 0 Å². The largest absolute Gasteiger partial charge is 0.481 e. The molecule has 3 rings (SSSR count). The summed E-state index contributed by atoms with van der Waals surface area (Å²) in [7, 11) is 0. The van der Waals surface area contributed by atoms with E-state index < -0.39 is 6.10 Å². The summed E-state index contributed by atoms with van der Waals surface area (Å²) in [5.41, 5.74) is 3.79. The minimum atomic E-state index is -0.486. The van der Waals surface area contributed by atoms with Gasteiger partial charge in [0.15, 0.2) is 6.10 Å².